The maximum atomic E-state index is 11.8. The van der Waals surface area contributed by atoms with E-state index in [9.17, 15) is 14.4 Å². The van der Waals surface area contributed by atoms with Gasteiger partial charge in [-0.3, -0.25) is 14.4 Å². The van der Waals surface area contributed by atoms with E-state index in [1.54, 1.807) is 0 Å². The Morgan fingerprint density at radius 3 is 1.14 bits per heavy atom. The molecule has 0 aliphatic carbocycles. The standard InChI is InChI=1S/C13H25N3O3S3/c17-11(14-1-4-20)7-10(8-12(18)15-2-5-21)9-13(19)16-3-6-22/h10,20-22H,1-9H2,(H,14,17)(H,15,18)(H,16,19). The Labute approximate surface area is 148 Å². The van der Waals surface area contributed by atoms with E-state index in [4.69, 9.17) is 0 Å². The zero-order valence-corrected chi connectivity index (χ0v) is 15.2. The van der Waals surface area contributed by atoms with Crippen molar-refractivity contribution in [3.8, 4) is 0 Å². The maximum absolute atomic E-state index is 11.8. The number of nitrogens with one attached hydrogen (secondary N) is 3. The second kappa shape index (κ2) is 14.1. The van der Waals surface area contributed by atoms with Crippen LogP contribution >= 0.6 is 37.9 Å². The second-order valence-corrected chi connectivity index (χ2v) is 6.04. The van der Waals surface area contributed by atoms with Crippen LogP contribution in [-0.2, 0) is 14.4 Å². The molecule has 0 spiro atoms. The average molecular weight is 368 g/mol. The minimum absolute atomic E-state index is 0.135. The molecule has 0 bridgehead atoms. The monoisotopic (exact) mass is 367 g/mol. The summed E-state index contributed by atoms with van der Waals surface area (Å²) in [7, 11) is 0. The molecule has 0 radical (unpaired) electrons. The fraction of sp³-hybridized carbons (Fsp3) is 0.769. The van der Waals surface area contributed by atoms with Crippen molar-refractivity contribution in [2.24, 2.45) is 5.92 Å². The largest absolute Gasteiger partial charge is 0.355 e. The molecule has 22 heavy (non-hydrogen) atoms. The van der Waals surface area contributed by atoms with Crippen LogP contribution in [0.25, 0.3) is 0 Å². The molecule has 0 aliphatic rings. The van der Waals surface area contributed by atoms with Crippen molar-refractivity contribution in [1.82, 2.24) is 16.0 Å². The molecule has 0 rings (SSSR count). The number of rotatable bonds is 12. The molecule has 0 aromatic carbocycles. The van der Waals surface area contributed by atoms with Crippen molar-refractivity contribution in [1.29, 1.82) is 0 Å². The lowest BCUT2D eigenvalue weighted by Crippen LogP contribution is -2.34. The zero-order valence-electron chi connectivity index (χ0n) is 12.5. The molecule has 3 N–H and O–H groups in total. The van der Waals surface area contributed by atoms with Crippen molar-refractivity contribution in [2.45, 2.75) is 19.3 Å². The lowest BCUT2D eigenvalue weighted by Gasteiger charge is -2.16. The molecule has 9 heteroatoms. The van der Waals surface area contributed by atoms with Crippen molar-refractivity contribution < 1.29 is 14.4 Å². The molecule has 128 valence electrons. The molecule has 0 atom stereocenters. The molecule has 0 saturated carbocycles. The number of hydrogen-bond donors (Lipinski definition) is 6. The van der Waals surface area contributed by atoms with Gasteiger partial charge in [-0.15, -0.1) is 0 Å². The van der Waals surface area contributed by atoms with E-state index in [0.717, 1.165) is 0 Å². The lowest BCUT2D eigenvalue weighted by atomic mass is 9.96. The first-order chi connectivity index (χ1) is 10.5. The van der Waals surface area contributed by atoms with Gasteiger partial charge in [0.2, 0.25) is 17.7 Å². The molecular formula is C13H25N3O3S3. The third-order valence-corrected chi connectivity index (χ3v) is 3.39. The third-order valence-electron chi connectivity index (χ3n) is 2.72. The number of hydrogen-bond acceptors (Lipinski definition) is 6. The quantitative estimate of drug-likeness (QED) is 0.273. The van der Waals surface area contributed by atoms with Crippen molar-refractivity contribution in [3.05, 3.63) is 0 Å². The van der Waals surface area contributed by atoms with Crippen LogP contribution in [0.2, 0.25) is 0 Å². The van der Waals surface area contributed by atoms with E-state index >= 15 is 0 Å². The van der Waals surface area contributed by atoms with E-state index in [1.165, 1.54) is 0 Å². The van der Waals surface area contributed by atoms with Crippen LogP contribution in [0.4, 0.5) is 0 Å². The van der Waals surface area contributed by atoms with E-state index in [-0.39, 0.29) is 42.9 Å². The van der Waals surface area contributed by atoms with Gasteiger partial charge in [-0.1, -0.05) is 0 Å². The van der Waals surface area contributed by atoms with Crippen LogP contribution in [0.1, 0.15) is 19.3 Å². The smallest absolute Gasteiger partial charge is 0.220 e. The first kappa shape index (κ1) is 21.5. The minimum Gasteiger partial charge on any atom is -0.355 e. The molecule has 0 aliphatic heterocycles. The van der Waals surface area contributed by atoms with Crippen LogP contribution in [0.15, 0.2) is 0 Å². The number of amides is 3. The maximum Gasteiger partial charge on any atom is 0.220 e. The summed E-state index contributed by atoms with van der Waals surface area (Å²) in [5.41, 5.74) is 0. The summed E-state index contributed by atoms with van der Waals surface area (Å²) in [6.45, 7) is 1.39. The highest BCUT2D eigenvalue weighted by molar-refractivity contribution is 7.80. The van der Waals surface area contributed by atoms with E-state index in [0.29, 0.717) is 36.9 Å². The van der Waals surface area contributed by atoms with Gasteiger partial charge in [0, 0.05) is 56.2 Å². The Bertz CT molecular complexity index is 304. The third kappa shape index (κ3) is 12.0. The Morgan fingerprint density at radius 2 is 0.909 bits per heavy atom. The summed E-state index contributed by atoms with van der Waals surface area (Å²) < 4.78 is 0. The van der Waals surface area contributed by atoms with Gasteiger partial charge in [0.25, 0.3) is 0 Å². The summed E-state index contributed by atoms with van der Waals surface area (Å²) in [6.07, 6.45) is 0.406. The molecule has 0 saturated heterocycles. The van der Waals surface area contributed by atoms with Gasteiger partial charge in [-0.05, 0) is 5.92 Å². The molecule has 0 heterocycles. The highest BCUT2D eigenvalue weighted by Gasteiger charge is 2.20. The fourth-order valence-electron chi connectivity index (χ4n) is 1.81. The molecule has 3 amide bonds. The number of carbonyl (C=O) groups is 3. The first-order valence-corrected chi connectivity index (χ1v) is 9.05. The van der Waals surface area contributed by atoms with Crippen LogP contribution in [-0.4, -0.2) is 54.6 Å². The highest BCUT2D eigenvalue weighted by atomic mass is 32.1. The molecule has 0 aromatic rings. The Morgan fingerprint density at radius 1 is 0.636 bits per heavy atom. The molecule has 0 fully saturated rings. The van der Waals surface area contributed by atoms with Crippen molar-refractivity contribution >= 4 is 55.6 Å². The van der Waals surface area contributed by atoms with Gasteiger partial charge in [-0.2, -0.15) is 37.9 Å². The Kier molecular flexibility index (Phi) is 13.7. The zero-order chi connectivity index (χ0) is 16.8. The second-order valence-electron chi connectivity index (χ2n) is 4.70. The van der Waals surface area contributed by atoms with Crippen LogP contribution in [0, 0.1) is 5.92 Å². The van der Waals surface area contributed by atoms with Crippen LogP contribution in [0.3, 0.4) is 0 Å². The van der Waals surface area contributed by atoms with Gasteiger partial charge in [0.05, 0.1) is 0 Å². The van der Waals surface area contributed by atoms with Gasteiger partial charge >= 0.3 is 0 Å². The summed E-state index contributed by atoms with van der Waals surface area (Å²) in [6, 6.07) is 0. The molecule has 6 nitrogen and oxygen atoms in total. The molecular weight excluding hydrogens is 342 g/mol. The highest BCUT2D eigenvalue weighted by Crippen LogP contribution is 2.14. The van der Waals surface area contributed by atoms with E-state index in [1.807, 2.05) is 0 Å². The lowest BCUT2D eigenvalue weighted by molar-refractivity contribution is -0.125. The van der Waals surface area contributed by atoms with E-state index < -0.39 is 0 Å². The number of carbonyl (C=O) groups excluding carboxylic acids is 3. The normalized spacial score (nSPS) is 10.4. The van der Waals surface area contributed by atoms with Gasteiger partial charge in [-0.25, -0.2) is 0 Å². The van der Waals surface area contributed by atoms with Gasteiger partial charge in [0.1, 0.15) is 0 Å². The van der Waals surface area contributed by atoms with E-state index in [2.05, 4.69) is 53.8 Å². The molecule has 0 unspecified atom stereocenters. The SMILES string of the molecule is O=C(CC(CC(=O)NCCS)CC(=O)NCCS)NCCS. The van der Waals surface area contributed by atoms with Gasteiger partial charge in [0.15, 0.2) is 0 Å². The Balaban J connectivity index is 4.44. The first-order valence-electron chi connectivity index (χ1n) is 7.16. The fourth-order valence-corrected chi connectivity index (χ4v) is 2.14. The number of thiol groups is 3. The van der Waals surface area contributed by atoms with Crippen LogP contribution < -0.4 is 16.0 Å². The summed E-state index contributed by atoms with van der Waals surface area (Å²) in [4.78, 5) is 35.3. The summed E-state index contributed by atoms with van der Waals surface area (Å²) in [5.74, 6) is 0.762. The van der Waals surface area contributed by atoms with Crippen molar-refractivity contribution in [2.75, 3.05) is 36.9 Å². The summed E-state index contributed by atoms with van der Waals surface area (Å²) in [5, 5.41) is 8.08. The molecule has 0 aromatic heterocycles. The van der Waals surface area contributed by atoms with Crippen LogP contribution in [0.5, 0.6) is 0 Å². The minimum atomic E-state index is -0.334. The Hall–Kier alpha value is -0.540. The average Bonchev–Trinajstić information content (AvgIpc) is 2.48. The summed E-state index contributed by atoms with van der Waals surface area (Å²) >= 11 is 12.0. The predicted octanol–water partition coefficient (Wildman–Crippen LogP) is -0.0891. The van der Waals surface area contributed by atoms with Crippen molar-refractivity contribution in [3.63, 3.8) is 0 Å². The van der Waals surface area contributed by atoms with Gasteiger partial charge < -0.3 is 16.0 Å². The predicted molar refractivity (Wildman–Crippen MR) is 97.9 cm³/mol. The topological polar surface area (TPSA) is 87.3 Å².